The van der Waals surface area contributed by atoms with E-state index in [2.05, 4.69) is 0 Å². The Balaban J connectivity index is 2.50. The second-order valence-corrected chi connectivity index (χ2v) is 4.27. The summed E-state index contributed by atoms with van der Waals surface area (Å²) in [5.41, 5.74) is 0. The fraction of sp³-hybridized carbons (Fsp3) is 0.182. The van der Waals surface area contributed by atoms with Crippen molar-refractivity contribution >= 4 is 27.2 Å². The van der Waals surface area contributed by atoms with E-state index in [-0.39, 0.29) is 5.78 Å². The lowest BCUT2D eigenvalue weighted by Crippen LogP contribution is -2.14. The number of Topliss-reactive ketones (excluding diaryl/α,β-unsaturated/α-hetero) is 1. The minimum Gasteiger partial charge on any atom is -0.385 e. The summed E-state index contributed by atoms with van der Waals surface area (Å²) in [6.45, 7) is 1.49. The fourth-order valence-corrected chi connectivity index (χ4v) is 2.39. The summed E-state index contributed by atoms with van der Waals surface area (Å²) < 4.78 is 1.08. The number of hydrogen-bond donors (Lipinski definition) is 1. The molecule has 0 unspecified atom stereocenters. The molecule has 0 amide bonds. The zero-order valence-electron chi connectivity index (χ0n) is 7.73. The van der Waals surface area contributed by atoms with Crippen LogP contribution in [-0.2, 0) is 0 Å². The standard InChI is InChI=1S/C11H10O2S/c1-7(12)11(13)10-6-8-4-2-3-5-9(8)14-10/h2-7,12H,1H3/t7-/m1/s1. The van der Waals surface area contributed by atoms with Gasteiger partial charge in [-0.3, -0.25) is 4.79 Å². The van der Waals surface area contributed by atoms with E-state index < -0.39 is 6.10 Å². The van der Waals surface area contributed by atoms with E-state index in [1.807, 2.05) is 30.3 Å². The molecule has 0 bridgehead atoms. The molecule has 14 heavy (non-hydrogen) atoms. The maximum atomic E-state index is 11.5. The minimum absolute atomic E-state index is 0.203. The highest BCUT2D eigenvalue weighted by atomic mass is 32.1. The average Bonchev–Trinajstić information content (AvgIpc) is 2.59. The van der Waals surface area contributed by atoms with Gasteiger partial charge in [0.25, 0.3) is 0 Å². The maximum absolute atomic E-state index is 11.5. The lowest BCUT2D eigenvalue weighted by molar-refractivity contribution is 0.0784. The third kappa shape index (κ3) is 1.56. The molecule has 0 aliphatic carbocycles. The highest BCUT2D eigenvalue weighted by Crippen LogP contribution is 2.25. The van der Waals surface area contributed by atoms with Crippen molar-refractivity contribution in [2.75, 3.05) is 0 Å². The number of rotatable bonds is 2. The highest BCUT2D eigenvalue weighted by Gasteiger charge is 2.14. The van der Waals surface area contributed by atoms with Crippen molar-refractivity contribution in [3.63, 3.8) is 0 Å². The van der Waals surface area contributed by atoms with Gasteiger partial charge in [-0.15, -0.1) is 11.3 Å². The van der Waals surface area contributed by atoms with Crippen LogP contribution in [0.1, 0.15) is 16.6 Å². The molecule has 2 aromatic rings. The van der Waals surface area contributed by atoms with Gasteiger partial charge in [0.15, 0.2) is 0 Å². The van der Waals surface area contributed by atoms with Crippen LogP contribution in [0.4, 0.5) is 0 Å². The van der Waals surface area contributed by atoms with Gasteiger partial charge in [0, 0.05) is 4.70 Å². The van der Waals surface area contributed by atoms with Gasteiger partial charge >= 0.3 is 0 Å². The van der Waals surface area contributed by atoms with E-state index in [0.717, 1.165) is 10.1 Å². The Labute approximate surface area is 85.8 Å². The molecule has 72 valence electrons. The number of aliphatic hydroxyl groups is 1. The Kier molecular flexibility index (Phi) is 2.35. The topological polar surface area (TPSA) is 37.3 Å². The maximum Gasteiger partial charge on any atom is 0.200 e. The molecule has 1 aromatic carbocycles. The molecule has 1 N–H and O–H groups in total. The Morgan fingerprint density at radius 2 is 2.14 bits per heavy atom. The van der Waals surface area contributed by atoms with Crippen LogP contribution in [0.15, 0.2) is 30.3 Å². The SMILES string of the molecule is C[C@@H](O)C(=O)c1cc2ccccc2s1. The molecule has 0 saturated heterocycles. The molecular weight excluding hydrogens is 196 g/mol. The average molecular weight is 206 g/mol. The predicted octanol–water partition coefficient (Wildman–Crippen LogP) is 2.46. The molecule has 3 heteroatoms. The first-order valence-corrected chi connectivity index (χ1v) is 5.21. The van der Waals surface area contributed by atoms with Crippen LogP contribution in [0.25, 0.3) is 10.1 Å². The lowest BCUT2D eigenvalue weighted by Gasteiger charge is -1.97. The summed E-state index contributed by atoms with van der Waals surface area (Å²) in [5.74, 6) is -0.203. The number of hydrogen-bond acceptors (Lipinski definition) is 3. The molecule has 0 fully saturated rings. The van der Waals surface area contributed by atoms with Crippen molar-refractivity contribution in [1.29, 1.82) is 0 Å². The molecule has 2 rings (SSSR count). The summed E-state index contributed by atoms with van der Waals surface area (Å²) in [7, 11) is 0. The number of benzene rings is 1. The van der Waals surface area contributed by atoms with Crippen molar-refractivity contribution in [1.82, 2.24) is 0 Å². The van der Waals surface area contributed by atoms with Gasteiger partial charge in [-0.25, -0.2) is 0 Å². The van der Waals surface area contributed by atoms with E-state index >= 15 is 0 Å². The van der Waals surface area contributed by atoms with Gasteiger partial charge in [-0.1, -0.05) is 18.2 Å². The molecule has 2 nitrogen and oxygen atoms in total. The summed E-state index contributed by atoms with van der Waals surface area (Å²) in [6.07, 6.45) is -0.914. The zero-order chi connectivity index (χ0) is 10.1. The monoisotopic (exact) mass is 206 g/mol. The number of carbonyl (C=O) groups is 1. The highest BCUT2D eigenvalue weighted by molar-refractivity contribution is 7.20. The number of carbonyl (C=O) groups excluding carboxylic acids is 1. The summed E-state index contributed by atoms with van der Waals surface area (Å²) >= 11 is 1.42. The van der Waals surface area contributed by atoms with Crippen molar-refractivity contribution in [3.05, 3.63) is 35.2 Å². The van der Waals surface area contributed by atoms with Crippen molar-refractivity contribution in [2.24, 2.45) is 0 Å². The zero-order valence-corrected chi connectivity index (χ0v) is 8.54. The van der Waals surface area contributed by atoms with Gasteiger partial charge < -0.3 is 5.11 Å². The molecule has 0 aliphatic heterocycles. The largest absolute Gasteiger partial charge is 0.385 e. The van der Waals surface area contributed by atoms with Gasteiger partial charge in [0.2, 0.25) is 5.78 Å². The molecule has 0 radical (unpaired) electrons. The van der Waals surface area contributed by atoms with Crippen molar-refractivity contribution in [2.45, 2.75) is 13.0 Å². The third-order valence-corrected chi connectivity index (χ3v) is 3.18. The van der Waals surface area contributed by atoms with Crippen LogP contribution in [0, 0.1) is 0 Å². The summed E-state index contributed by atoms with van der Waals surface area (Å²) in [6, 6.07) is 9.64. The normalized spacial score (nSPS) is 13.0. The predicted molar refractivity (Wildman–Crippen MR) is 57.8 cm³/mol. The molecule has 1 atom stereocenters. The van der Waals surface area contributed by atoms with E-state index in [0.29, 0.717) is 4.88 Å². The van der Waals surface area contributed by atoms with Gasteiger partial charge in [0.1, 0.15) is 6.10 Å². The van der Waals surface area contributed by atoms with Gasteiger partial charge in [-0.05, 0) is 24.4 Å². The van der Waals surface area contributed by atoms with Gasteiger partial charge in [0.05, 0.1) is 4.88 Å². The number of thiophene rings is 1. The smallest absolute Gasteiger partial charge is 0.200 e. The fourth-order valence-electron chi connectivity index (χ4n) is 1.31. The molecule has 0 spiro atoms. The van der Waals surface area contributed by atoms with Crippen LogP contribution in [-0.4, -0.2) is 17.0 Å². The van der Waals surface area contributed by atoms with E-state index in [1.54, 1.807) is 0 Å². The van der Waals surface area contributed by atoms with Gasteiger partial charge in [-0.2, -0.15) is 0 Å². The number of ketones is 1. The number of fused-ring (bicyclic) bond motifs is 1. The second kappa shape index (κ2) is 3.52. The first-order valence-electron chi connectivity index (χ1n) is 4.39. The van der Waals surface area contributed by atoms with E-state index in [9.17, 15) is 4.79 Å². The van der Waals surface area contributed by atoms with Crippen LogP contribution in [0.3, 0.4) is 0 Å². The lowest BCUT2D eigenvalue weighted by atomic mass is 10.2. The Morgan fingerprint density at radius 1 is 1.43 bits per heavy atom. The van der Waals surface area contributed by atoms with E-state index in [4.69, 9.17) is 5.11 Å². The third-order valence-electron chi connectivity index (χ3n) is 2.05. The van der Waals surface area contributed by atoms with Crippen LogP contribution in [0.2, 0.25) is 0 Å². The second-order valence-electron chi connectivity index (χ2n) is 3.19. The molecule has 0 aliphatic rings. The molecule has 1 aromatic heterocycles. The number of aliphatic hydroxyl groups excluding tert-OH is 1. The van der Waals surface area contributed by atoms with Crippen molar-refractivity contribution in [3.8, 4) is 0 Å². The first-order chi connectivity index (χ1) is 6.68. The quantitative estimate of drug-likeness (QED) is 0.766. The van der Waals surface area contributed by atoms with Crippen LogP contribution >= 0.6 is 11.3 Å². The van der Waals surface area contributed by atoms with Crippen molar-refractivity contribution < 1.29 is 9.90 Å². The van der Waals surface area contributed by atoms with E-state index in [1.165, 1.54) is 18.3 Å². The molecule has 1 heterocycles. The Morgan fingerprint density at radius 3 is 2.79 bits per heavy atom. The van der Waals surface area contributed by atoms with Crippen LogP contribution < -0.4 is 0 Å². The minimum atomic E-state index is -0.914. The Bertz CT molecular complexity index is 438. The molecular formula is C11H10O2S. The molecule has 0 saturated carbocycles. The first kappa shape index (κ1) is 9.37. The van der Waals surface area contributed by atoms with Crippen LogP contribution in [0.5, 0.6) is 0 Å². The Hall–Kier alpha value is -1.19. The summed E-state index contributed by atoms with van der Waals surface area (Å²) in [4.78, 5) is 12.1. The summed E-state index contributed by atoms with van der Waals surface area (Å²) in [5, 5.41) is 10.2.